The Hall–Kier alpha value is -1.41. The van der Waals surface area contributed by atoms with Crippen molar-refractivity contribution < 1.29 is 0 Å². The van der Waals surface area contributed by atoms with Crippen LogP contribution >= 0.6 is 0 Å². The zero-order valence-corrected chi connectivity index (χ0v) is 10.9. The molecule has 1 fully saturated rings. The molecule has 1 heterocycles. The number of fused-ring (bicyclic) bond motifs is 1. The van der Waals surface area contributed by atoms with Crippen LogP contribution in [-0.4, -0.2) is 18.1 Å². The lowest BCUT2D eigenvalue weighted by molar-refractivity contribution is 0.620. The van der Waals surface area contributed by atoms with E-state index in [1.807, 2.05) is 12.3 Å². The summed E-state index contributed by atoms with van der Waals surface area (Å²) in [5.74, 6) is 1.60. The molecule has 0 bridgehead atoms. The van der Waals surface area contributed by atoms with Crippen LogP contribution in [0.4, 0.5) is 0 Å². The van der Waals surface area contributed by atoms with E-state index in [1.54, 1.807) is 0 Å². The molecule has 0 aliphatic heterocycles. The molecule has 0 radical (unpaired) electrons. The van der Waals surface area contributed by atoms with E-state index in [9.17, 15) is 0 Å². The maximum absolute atomic E-state index is 4.37. The van der Waals surface area contributed by atoms with E-state index >= 15 is 0 Å². The molecule has 0 saturated heterocycles. The number of pyridine rings is 1. The molecule has 1 aromatic heterocycles. The number of benzene rings is 1. The first-order chi connectivity index (χ1) is 8.88. The second kappa shape index (κ2) is 5.07. The van der Waals surface area contributed by atoms with E-state index in [1.165, 1.54) is 30.3 Å². The number of rotatable bonds is 5. The van der Waals surface area contributed by atoms with Gasteiger partial charge in [0.1, 0.15) is 0 Å². The van der Waals surface area contributed by atoms with Crippen molar-refractivity contribution in [2.24, 2.45) is 5.92 Å². The van der Waals surface area contributed by atoms with Gasteiger partial charge < -0.3 is 5.32 Å². The lowest BCUT2D eigenvalue weighted by atomic mass is 10.1. The monoisotopic (exact) mass is 240 g/mol. The van der Waals surface area contributed by atoms with Crippen LogP contribution in [0.2, 0.25) is 0 Å². The van der Waals surface area contributed by atoms with Crippen molar-refractivity contribution >= 4 is 10.9 Å². The van der Waals surface area contributed by atoms with Gasteiger partial charge in [-0.3, -0.25) is 4.98 Å². The quantitative estimate of drug-likeness (QED) is 0.811. The van der Waals surface area contributed by atoms with Gasteiger partial charge in [0.05, 0.1) is 5.52 Å². The summed E-state index contributed by atoms with van der Waals surface area (Å²) < 4.78 is 0. The minimum Gasteiger partial charge on any atom is -0.316 e. The Balaban J connectivity index is 1.69. The van der Waals surface area contributed by atoms with E-state index in [-0.39, 0.29) is 0 Å². The summed E-state index contributed by atoms with van der Waals surface area (Å²) in [4.78, 5) is 4.37. The minimum absolute atomic E-state index is 0.763. The highest BCUT2D eigenvalue weighted by Gasteiger charge is 2.37. The largest absolute Gasteiger partial charge is 0.316 e. The topological polar surface area (TPSA) is 24.9 Å². The van der Waals surface area contributed by atoms with Crippen molar-refractivity contribution in [2.45, 2.75) is 25.7 Å². The van der Waals surface area contributed by atoms with Gasteiger partial charge in [-0.1, -0.05) is 19.1 Å². The maximum atomic E-state index is 4.37. The lowest BCUT2D eigenvalue weighted by Gasteiger charge is -2.04. The number of nitrogens with zero attached hydrogens (tertiary/aromatic N) is 1. The van der Waals surface area contributed by atoms with Crippen LogP contribution in [0.3, 0.4) is 0 Å². The molecular formula is C16H20N2. The van der Waals surface area contributed by atoms with Crippen molar-refractivity contribution in [1.82, 2.24) is 10.3 Å². The highest BCUT2D eigenvalue weighted by atomic mass is 14.9. The first-order valence-corrected chi connectivity index (χ1v) is 6.94. The lowest BCUT2D eigenvalue weighted by Crippen LogP contribution is -2.17. The summed E-state index contributed by atoms with van der Waals surface area (Å²) in [7, 11) is 0. The summed E-state index contributed by atoms with van der Waals surface area (Å²) in [6.07, 6.45) is 4.41. The average molecular weight is 240 g/mol. The average Bonchev–Trinajstić information content (AvgIpc) is 3.18. The molecule has 2 aromatic rings. The molecule has 94 valence electrons. The second-order valence-corrected chi connectivity index (χ2v) is 5.26. The fourth-order valence-electron chi connectivity index (χ4n) is 2.67. The van der Waals surface area contributed by atoms with Gasteiger partial charge in [0.15, 0.2) is 0 Å². The van der Waals surface area contributed by atoms with Gasteiger partial charge in [-0.25, -0.2) is 0 Å². The van der Waals surface area contributed by atoms with Gasteiger partial charge in [-0.05, 0) is 61.5 Å². The second-order valence-electron chi connectivity index (χ2n) is 5.26. The Morgan fingerprint density at radius 1 is 1.33 bits per heavy atom. The first kappa shape index (κ1) is 11.7. The van der Waals surface area contributed by atoms with Crippen molar-refractivity contribution in [1.29, 1.82) is 0 Å². The summed E-state index contributed by atoms with van der Waals surface area (Å²) in [5.41, 5.74) is 2.58. The van der Waals surface area contributed by atoms with Crippen LogP contribution in [0.15, 0.2) is 36.5 Å². The molecule has 2 heteroatoms. The third kappa shape index (κ3) is 2.39. The summed E-state index contributed by atoms with van der Waals surface area (Å²) >= 11 is 0. The highest BCUT2D eigenvalue weighted by molar-refractivity contribution is 5.79. The van der Waals surface area contributed by atoms with Crippen LogP contribution < -0.4 is 5.32 Å². The Morgan fingerprint density at radius 2 is 2.28 bits per heavy atom. The number of hydrogen-bond acceptors (Lipinski definition) is 2. The molecule has 2 nitrogen and oxygen atoms in total. The van der Waals surface area contributed by atoms with Crippen LogP contribution in [0.25, 0.3) is 10.9 Å². The molecule has 18 heavy (non-hydrogen) atoms. The Morgan fingerprint density at radius 3 is 3.17 bits per heavy atom. The van der Waals surface area contributed by atoms with Crippen molar-refractivity contribution in [2.75, 3.05) is 13.1 Å². The van der Waals surface area contributed by atoms with Gasteiger partial charge in [-0.15, -0.1) is 0 Å². The molecule has 0 spiro atoms. The van der Waals surface area contributed by atoms with Crippen LogP contribution in [0.5, 0.6) is 0 Å². The first-order valence-electron chi connectivity index (χ1n) is 6.94. The fraction of sp³-hybridized carbons (Fsp3) is 0.438. The van der Waals surface area contributed by atoms with Gasteiger partial charge >= 0.3 is 0 Å². The van der Waals surface area contributed by atoms with E-state index in [4.69, 9.17) is 0 Å². The number of aromatic nitrogens is 1. The molecule has 1 aliphatic rings. The molecule has 3 rings (SSSR count). The molecule has 1 N–H and O–H groups in total. The molecular weight excluding hydrogens is 220 g/mol. The third-order valence-corrected chi connectivity index (χ3v) is 3.81. The predicted octanol–water partition coefficient (Wildman–Crippen LogP) is 3.34. The zero-order chi connectivity index (χ0) is 12.4. The zero-order valence-electron chi connectivity index (χ0n) is 10.9. The van der Waals surface area contributed by atoms with Crippen LogP contribution in [-0.2, 0) is 0 Å². The van der Waals surface area contributed by atoms with Crippen LogP contribution in [0, 0.1) is 5.92 Å². The third-order valence-electron chi connectivity index (χ3n) is 3.81. The highest BCUT2D eigenvalue weighted by Crippen LogP contribution is 2.47. The number of nitrogens with one attached hydrogen (secondary N) is 1. The van der Waals surface area contributed by atoms with E-state index in [0.717, 1.165) is 23.9 Å². The van der Waals surface area contributed by atoms with Crippen molar-refractivity contribution in [3.8, 4) is 0 Å². The van der Waals surface area contributed by atoms with Gasteiger partial charge in [0.25, 0.3) is 0 Å². The summed E-state index contributed by atoms with van der Waals surface area (Å²) in [6.45, 7) is 4.53. The summed E-state index contributed by atoms with van der Waals surface area (Å²) in [5, 5.41) is 4.79. The van der Waals surface area contributed by atoms with Crippen molar-refractivity contribution in [3.05, 3.63) is 42.1 Å². The molecule has 1 aliphatic carbocycles. The summed E-state index contributed by atoms with van der Waals surface area (Å²) in [6, 6.07) is 10.9. The Labute approximate surface area is 108 Å². The number of hydrogen-bond donors (Lipinski definition) is 1. The smallest absolute Gasteiger partial charge is 0.0702 e. The van der Waals surface area contributed by atoms with E-state index in [0.29, 0.717) is 0 Å². The molecule has 0 amide bonds. The van der Waals surface area contributed by atoms with Gasteiger partial charge in [-0.2, -0.15) is 0 Å². The molecule has 1 saturated carbocycles. The van der Waals surface area contributed by atoms with E-state index < -0.39 is 0 Å². The Bertz CT molecular complexity index is 535. The van der Waals surface area contributed by atoms with Crippen molar-refractivity contribution in [3.63, 3.8) is 0 Å². The predicted molar refractivity (Wildman–Crippen MR) is 75.8 cm³/mol. The molecule has 1 aromatic carbocycles. The van der Waals surface area contributed by atoms with Gasteiger partial charge in [0, 0.05) is 11.6 Å². The standard InChI is InChI=1S/C16H20N2/c1-2-7-17-11-14-10-15(14)12-5-6-16-13(9-12)4-3-8-18-16/h3-6,8-9,14-15,17H,2,7,10-11H2,1H3. The Kier molecular flexibility index (Phi) is 3.28. The minimum atomic E-state index is 0.763. The SMILES string of the molecule is CCCNCC1CC1c1ccc2ncccc2c1. The van der Waals surface area contributed by atoms with Crippen LogP contribution in [0.1, 0.15) is 31.2 Å². The maximum Gasteiger partial charge on any atom is 0.0702 e. The van der Waals surface area contributed by atoms with Gasteiger partial charge in [0.2, 0.25) is 0 Å². The molecule has 2 unspecified atom stereocenters. The fourth-order valence-corrected chi connectivity index (χ4v) is 2.67. The normalized spacial score (nSPS) is 22.3. The van der Waals surface area contributed by atoms with E-state index in [2.05, 4.69) is 41.5 Å². The molecule has 2 atom stereocenters.